The van der Waals surface area contributed by atoms with E-state index in [1.165, 1.54) is 0 Å². The molecule has 0 aromatic rings. The van der Waals surface area contributed by atoms with Crippen LogP contribution in [0.5, 0.6) is 0 Å². The fourth-order valence-corrected chi connectivity index (χ4v) is 0. The van der Waals surface area contributed by atoms with Crippen LogP contribution >= 0.6 is 0 Å². The predicted molar refractivity (Wildman–Crippen MR) is 18.6 cm³/mol. The summed E-state index contributed by atoms with van der Waals surface area (Å²) in [7, 11) is -2.92. The maximum Gasteiger partial charge on any atom is 1.00 e. The molecule has 0 unspecified atom stereocenters. The Morgan fingerprint density at radius 2 is 1.10 bits per heavy atom. The van der Waals surface area contributed by atoms with Gasteiger partial charge in [-0.15, -0.1) is 0 Å². The second-order valence-electron chi connectivity index (χ2n) is 0.471. The van der Waals surface area contributed by atoms with Crippen LogP contribution in [0.1, 0.15) is 0 Å². The zero-order valence-corrected chi connectivity index (χ0v) is 12.5. The van der Waals surface area contributed by atoms with Gasteiger partial charge in [0, 0.05) is 0 Å². The first-order valence-corrected chi connectivity index (χ1v) is 1.37. The third-order valence-corrected chi connectivity index (χ3v) is 0. The molecule has 0 spiro atoms. The van der Waals surface area contributed by atoms with Crippen LogP contribution in [-0.4, -0.2) is 12.4 Å². The van der Waals surface area contributed by atoms with Crippen LogP contribution < -0.4 is 104 Å². The molecule has 0 aliphatic heterocycles. The third-order valence-electron chi connectivity index (χ3n) is 0. The van der Waals surface area contributed by atoms with Gasteiger partial charge in [-0.2, -0.15) is 0 Å². The molecular weight excluding hydrogens is 168 g/mol. The molecule has 10 heavy (non-hydrogen) atoms. The van der Waals surface area contributed by atoms with E-state index in [4.69, 9.17) is 20.2 Å². The van der Waals surface area contributed by atoms with Crippen LogP contribution in [0.4, 0.5) is 0 Å². The summed E-state index contributed by atoms with van der Waals surface area (Å²) in [6.45, 7) is 2.92. The van der Waals surface area contributed by atoms with Gasteiger partial charge in [0.25, 0.3) is 0 Å². The van der Waals surface area contributed by atoms with Crippen molar-refractivity contribution in [2.45, 2.75) is 0 Å². The zero-order chi connectivity index (χ0) is 6.28. The number of aliphatic hydroxyl groups excluding tert-OH is 1. The van der Waals surface area contributed by atoms with Gasteiger partial charge in [0.15, 0.2) is 0 Å². The van der Waals surface area contributed by atoms with Crippen LogP contribution in [-0.2, 0) is 0 Å². The topological polar surface area (TPSA) is 89.4 Å². The van der Waals surface area contributed by atoms with Crippen molar-refractivity contribution in [3.63, 3.8) is 0 Å². The van der Waals surface area contributed by atoms with Crippen molar-refractivity contribution in [2.24, 2.45) is 0 Å². The summed E-state index contributed by atoms with van der Waals surface area (Å²) >= 11 is 0. The van der Waals surface area contributed by atoms with Crippen molar-refractivity contribution in [3.05, 3.63) is 12.8 Å². The SMILES string of the molecule is C=CO.[Na+].[Na+].[Na+].[O-]B([O-])[O-]. The van der Waals surface area contributed by atoms with E-state index in [1.807, 2.05) is 0 Å². The van der Waals surface area contributed by atoms with E-state index in [2.05, 4.69) is 6.58 Å². The summed E-state index contributed by atoms with van der Waals surface area (Å²) in [6.07, 6.45) is 0.750. The minimum Gasteiger partial charge on any atom is -0.907 e. The normalized spacial score (nSPS) is 3.90. The molecule has 0 radical (unpaired) electrons. The number of rotatable bonds is 0. The fourth-order valence-electron chi connectivity index (χ4n) is 0. The standard InChI is InChI=1S/C2H4O.BO3.3Na/c1-2-3;2-1(3)4;;;/h2-3H,1H2;;;;/q;-3;3*+1. The van der Waals surface area contributed by atoms with Gasteiger partial charge in [-0.3, -0.25) is 7.32 Å². The molecule has 42 valence electrons. The van der Waals surface area contributed by atoms with E-state index in [1.54, 1.807) is 0 Å². The van der Waals surface area contributed by atoms with Crippen molar-refractivity contribution >= 4 is 7.32 Å². The molecular formula is C2H4BNa3O4. The Morgan fingerprint density at radius 3 is 1.10 bits per heavy atom. The second-order valence-corrected chi connectivity index (χ2v) is 0.471. The van der Waals surface area contributed by atoms with Gasteiger partial charge in [-0.05, 0) is 0 Å². The van der Waals surface area contributed by atoms with E-state index in [0.717, 1.165) is 6.26 Å². The monoisotopic (exact) mass is 172 g/mol. The van der Waals surface area contributed by atoms with Crippen molar-refractivity contribution in [2.75, 3.05) is 0 Å². The largest absolute Gasteiger partial charge is 1.00 e. The van der Waals surface area contributed by atoms with Crippen LogP contribution in [0.3, 0.4) is 0 Å². The molecule has 0 rings (SSSR count). The van der Waals surface area contributed by atoms with E-state index in [9.17, 15) is 0 Å². The summed E-state index contributed by atoms with van der Waals surface area (Å²) in [5.41, 5.74) is 0. The van der Waals surface area contributed by atoms with Gasteiger partial charge in [0.2, 0.25) is 0 Å². The van der Waals surface area contributed by atoms with E-state index >= 15 is 0 Å². The smallest absolute Gasteiger partial charge is 0.907 e. The molecule has 4 nitrogen and oxygen atoms in total. The molecule has 0 aliphatic rings. The van der Waals surface area contributed by atoms with Crippen molar-refractivity contribution in [1.29, 1.82) is 0 Å². The number of aliphatic hydroxyl groups is 1. The van der Waals surface area contributed by atoms with Gasteiger partial charge < -0.3 is 20.2 Å². The summed E-state index contributed by atoms with van der Waals surface area (Å²) in [5, 5.41) is 32.6. The quantitative estimate of drug-likeness (QED) is 0.290. The zero-order valence-electron chi connectivity index (χ0n) is 6.53. The first-order valence-electron chi connectivity index (χ1n) is 1.37. The van der Waals surface area contributed by atoms with Crippen molar-refractivity contribution in [1.82, 2.24) is 0 Å². The molecule has 0 aromatic heterocycles. The molecule has 0 saturated heterocycles. The van der Waals surface area contributed by atoms with Gasteiger partial charge in [-0.1, -0.05) is 6.58 Å². The number of hydrogen-bond donors (Lipinski definition) is 1. The molecule has 8 heteroatoms. The minimum absolute atomic E-state index is 0. The van der Waals surface area contributed by atoms with Crippen molar-refractivity contribution < 1.29 is 109 Å². The van der Waals surface area contributed by atoms with E-state index < -0.39 is 7.32 Å². The first-order chi connectivity index (χ1) is 3.15. The second kappa shape index (κ2) is 30.0. The summed E-state index contributed by atoms with van der Waals surface area (Å²) < 4.78 is 0. The minimum atomic E-state index is -2.92. The maximum atomic E-state index is 8.42. The van der Waals surface area contributed by atoms with Crippen LogP contribution in [0, 0.1) is 0 Å². The molecule has 0 bridgehead atoms. The Kier molecular flexibility index (Phi) is 88.3. The van der Waals surface area contributed by atoms with Gasteiger partial charge >= 0.3 is 88.7 Å². The molecule has 0 atom stereocenters. The first kappa shape index (κ1) is 29.4. The third kappa shape index (κ3) is 153. The Morgan fingerprint density at radius 1 is 1.10 bits per heavy atom. The average Bonchev–Trinajstić information content (AvgIpc) is 1.33. The van der Waals surface area contributed by atoms with Crippen LogP contribution in [0.2, 0.25) is 0 Å². The Labute approximate surface area is 127 Å². The molecule has 0 aliphatic carbocycles. The summed E-state index contributed by atoms with van der Waals surface area (Å²) in [5.74, 6) is 0. The molecule has 0 aromatic carbocycles. The molecule has 0 saturated carbocycles. The maximum absolute atomic E-state index is 8.42. The van der Waals surface area contributed by atoms with E-state index in [-0.39, 0.29) is 88.7 Å². The molecule has 0 amide bonds. The van der Waals surface area contributed by atoms with Crippen LogP contribution in [0.15, 0.2) is 12.8 Å². The Bertz CT molecular complexity index is 42.7. The van der Waals surface area contributed by atoms with Crippen molar-refractivity contribution in [3.8, 4) is 0 Å². The van der Waals surface area contributed by atoms with Crippen LogP contribution in [0.25, 0.3) is 0 Å². The summed E-state index contributed by atoms with van der Waals surface area (Å²) in [6, 6.07) is 0. The summed E-state index contributed by atoms with van der Waals surface area (Å²) in [4.78, 5) is 0. The molecule has 0 fully saturated rings. The molecule has 1 N–H and O–H groups in total. The Balaban J connectivity index is -0.0000000131. The fraction of sp³-hybridized carbons (Fsp3) is 0. The average molecular weight is 172 g/mol. The number of hydrogen-bond acceptors (Lipinski definition) is 4. The van der Waals surface area contributed by atoms with E-state index in [0.29, 0.717) is 0 Å². The Hall–Kier alpha value is 2.48. The van der Waals surface area contributed by atoms with Gasteiger partial charge in [0.05, 0.1) is 6.26 Å². The molecule has 0 heterocycles. The van der Waals surface area contributed by atoms with Gasteiger partial charge in [-0.25, -0.2) is 0 Å². The predicted octanol–water partition coefficient (Wildman–Crippen LogP) is -12.2. The van der Waals surface area contributed by atoms with Gasteiger partial charge in [0.1, 0.15) is 0 Å².